The molecule has 0 radical (unpaired) electrons. The van der Waals surface area contributed by atoms with Gasteiger partial charge in [-0.3, -0.25) is 0 Å². The van der Waals surface area contributed by atoms with Crippen LogP contribution in [-0.4, -0.2) is 11.3 Å². The van der Waals surface area contributed by atoms with E-state index in [-0.39, 0.29) is 0 Å². The zero-order valence-corrected chi connectivity index (χ0v) is 11.0. The van der Waals surface area contributed by atoms with Crippen molar-refractivity contribution < 1.29 is 0 Å². The highest BCUT2D eigenvalue weighted by Gasteiger charge is 2.23. The van der Waals surface area contributed by atoms with Gasteiger partial charge in [0.15, 0.2) is 0 Å². The summed E-state index contributed by atoms with van der Waals surface area (Å²) in [4.78, 5) is 7.54. The number of hydrogen-bond acceptors (Lipinski definition) is 2. The first-order chi connectivity index (χ1) is 8.90. The van der Waals surface area contributed by atoms with Gasteiger partial charge >= 0.3 is 0 Å². The molecule has 18 heavy (non-hydrogen) atoms. The van der Waals surface area contributed by atoms with Crippen LogP contribution in [0.2, 0.25) is 0 Å². The van der Waals surface area contributed by atoms with Gasteiger partial charge in [-0.25, -0.2) is 4.99 Å². The lowest BCUT2D eigenvalue weighted by molar-refractivity contribution is 0.397. The molecule has 1 fully saturated rings. The Morgan fingerprint density at radius 3 is 2.94 bits per heavy atom. The third-order valence-electron chi connectivity index (χ3n) is 4.20. The van der Waals surface area contributed by atoms with Crippen molar-refractivity contribution >= 4 is 17.9 Å². The smallest absolute Gasteiger partial charge is 0.141 e. The summed E-state index contributed by atoms with van der Waals surface area (Å²) in [6.45, 7) is 2.27. The number of allylic oxidation sites excluding steroid dienone is 1. The number of rotatable bonds is 2. The normalized spacial score (nSPS) is 22.5. The summed E-state index contributed by atoms with van der Waals surface area (Å²) in [5.41, 5.74) is 4.12. The third kappa shape index (κ3) is 1.98. The Morgan fingerprint density at radius 2 is 2.17 bits per heavy atom. The van der Waals surface area contributed by atoms with E-state index in [0.717, 1.165) is 18.2 Å². The van der Waals surface area contributed by atoms with E-state index < -0.39 is 0 Å². The van der Waals surface area contributed by atoms with Crippen LogP contribution in [0.15, 0.2) is 22.8 Å². The molecule has 96 valence electrons. The molecule has 1 saturated carbocycles. The molecular formula is C15H21N3. The Morgan fingerprint density at radius 1 is 1.33 bits per heavy atom. The van der Waals surface area contributed by atoms with Crippen molar-refractivity contribution in [2.24, 2.45) is 10.9 Å². The van der Waals surface area contributed by atoms with Crippen LogP contribution in [0.4, 0.5) is 5.82 Å². The van der Waals surface area contributed by atoms with Gasteiger partial charge in [0, 0.05) is 17.5 Å². The standard InChI is InChI=1S/C15H21N3/c1-2-12(11-6-4-3-5-7-11)14-13-8-9-16-15(13)18-10-17-14/h8-11,16H,2-7H2,1H3,(H,17,18)/b14-12+. The van der Waals surface area contributed by atoms with E-state index in [2.05, 4.69) is 28.3 Å². The molecule has 0 atom stereocenters. The zero-order chi connectivity index (χ0) is 12.4. The maximum Gasteiger partial charge on any atom is 0.141 e. The molecular weight excluding hydrogens is 222 g/mol. The minimum absolute atomic E-state index is 0.764. The number of fused-ring (bicyclic) bond motifs is 1. The van der Waals surface area contributed by atoms with Gasteiger partial charge < -0.3 is 10.3 Å². The summed E-state index contributed by atoms with van der Waals surface area (Å²) in [7, 11) is 0. The van der Waals surface area contributed by atoms with Gasteiger partial charge in [0.1, 0.15) is 5.82 Å². The molecule has 1 aromatic heterocycles. The van der Waals surface area contributed by atoms with E-state index in [1.165, 1.54) is 43.4 Å². The first-order valence-corrected chi connectivity index (χ1v) is 7.10. The van der Waals surface area contributed by atoms with Gasteiger partial charge in [0.25, 0.3) is 0 Å². The third-order valence-corrected chi connectivity index (χ3v) is 4.20. The van der Waals surface area contributed by atoms with Crippen molar-refractivity contribution in [2.45, 2.75) is 45.4 Å². The second-order valence-corrected chi connectivity index (χ2v) is 5.23. The zero-order valence-electron chi connectivity index (χ0n) is 11.0. The number of nitrogens with zero attached hydrogens (tertiary/aromatic N) is 1. The van der Waals surface area contributed by atoms with Crippen LogP contribution in [0.3, 0.4) is 0 Å². The quantitative estimate of drug-likeness (QED) is 0.810. The summed E-state index contributed by atoms with van der Waals surface area (Å²) >= 11 is 0. The van der Waals surface area contributed by atoms with Crippen molar-refractivity contribution in [1.82, 2.24) is 10.3 Å². The maximum absolute atomic E-state index is 4.34. The summed E-state index contributed by atoms with van der Waals surface area (Å²) in [6, 6.07) is 2.13. The number of aromatic amines is 1. The molecule has 0 bridgehead atoms. The van der Waals surface area contributed by atoms with Crippen molar-refractivity contribution in [1.29, 1.82) is 0 Å². The molecule has 3 nitrogen and oxygen atoms in total. The maximum atomic E-state index is 4.34. The van der Waals surface area contributed by atoms with E-state index in [0.29, 0.717) is 0 Å². The fraction of sp³-hybridized carbons (Fsp3) is 0.533. The van der Waals surface area contributed by atoms with Gasteiger partial charge in [-0.05, 0) is 36.8 Å². The second-order valence-electron chi connectivity index (χ2n) is 5.23. The Hall–Kier alpha value is -1.51. The molecule has 1 aliphatic carbocycles. The Balaban J connectivity index is 1.98. The van der Waals surface area contributed by atoms with Crippen LogP contribution in [0, 0.1) is 5.92 Å². The van der Waals surface area contributed by atoms with E-state index in [4.69, 9.17) is 0 Å². The van der Waals surface area contributed by atoms with Gasteiger partial charge in [0.05, 0.1) is 6.34 Å². The van der Waals surface area contributed by atoms with E-state index in [1.807, 2.05) is 12.5 Å². The molecule has 3 rings (SSSR count). The van der Waals surface area contributed by atoms with Crippen LogP contribution in [0.1, 0.15) is 51.0 Å². The predicted molar refractivity (Wildman–Crippen MR) is 75.9 cm³/mol. The van der Waals surface area contributed by atoms with E-state index in [9.17, 15) is 0 Å². The largest absolute Gasteiger partial charge is 0.346 e. The second kappa shape index (κ2) is 5.01. The average Bonchev–Trinajstić information content (AvgIpc) is 2.90. The fourth-order valence-corrected chi connectivity index (χ4v) is 3.29. The lowest BCUT2D eigenvalue weighted by Crippen LogP contribution is -2.19. The predicted octanol–water partition coefficient (Wildman–Crippen LogP) is 3.98. The van der Waals surface area contributed by atoms with Crippen molar-refractivity contribution in [3.05, 3.63) is 23.4 Å². The summed E-state index contributed by atoms with van der Waals surface area (Å²) in [5, 5.41) is 3.38. The molecule has 0 spiro atoms. The molecule has 0 unspecified atom stereocenters. The van der Waals surface area contributed by atoms with Crippen molar-refractivity contribution in [3.8, 4) is 0 Å². The topological polar surface area (TPSA) is 40.2 Å². The van der Waals surface area contributed by atoms with Crippen LogP contribution < -0.4 is 5.32 Å². The molecule has 2 N–H and O–H groups in total. The van der Waals surface area contributed by atoms with Crippen LogP contribution >= 0.6 is 0 Å². The van der Waals surface area contributed by atoms with Gasteiger partial charge in [0.2, 0.25) is 0 Å². The lowest BCUT2D eigenvalue weighted by atomic mass is 9.81. The Labute approximate surface area is 108 Å². The summed E-state index contributed by atoms with van der Waals surface area (Å²) in [6.07, 6.45) is 11.8. The SMILES string of the molecule is CC/C(=C1\NC=Nc2[nH]ccc21)C1CCCCC1. The van der Waals surface area contributed by atoms with Crippen LogP contribution in [0.25, 0.3) is 5.70 Å². The molecule has 1 aromatic rings. The Kier molecular flexibility index (Phi) is 3.22. The van der Waals surface area contributed by atoms with Crippen LogP contribution in [-0.2, 0) is 0 Å². The van der Waals surface area contributed by atoms with Gasteiger partial charge in [-0.15, -0.1) is 0 Å². The van der Waals surface area contributed by atoms with E-state index in [1.54, 1.807) is 5.57 Å². The molecule has 2 heterocycles. The Bertz CT molecular complexity index is 476. The molecule has 2 aliphatic rings. The minimum Gasteiger partial charge on any atom is -0.346 e. The van der Waals surface area contributed by atoms with Crippen molar-refractivity contribution in [3.63, 3.8) is 0 Å². The van der Waals surface area contributed by atoms with Crippen LogP contribution in [0.5, 0.6) is 0 Å². The van der Waals surface area contributed by atoms with Gasteiger partial charge in [-0.1, -0.05) is 26.2 Å². The summed E-state index contributed by atoms with van der Waals surface area (Å²) in [5.74, 6) is 1.76. The molecule has 0 amide bonds. The summed E-state index contributed by atoms with van der Waals surface area (Å²) < 4.78 is 0. The first-order valence-electron chi connectivity index (χ1n) is 7.10. The molecule has 1 aliphatic heterocycles. The number of aromatic nitrogens is 1. The van der Waals surface area contributed by atoms with Crippen molar-refractivity contribution in [2.75, 3.05) is 0 Å². The van der Waals surface area contributed by atoms with E-state index >= 15 is 0 Å². The number of H-pyrrole nitrogens is 1. The average molecular weight is 243 g/mol. The fourth-order valence-electron chi connectivity index (χ4n) is 3.29. The number of hydrogen-bond donors (Lipinski definition) is 2. The van der Waals surface area contributed by atoms with Gasteiger partial charge in [-0.2, -0.15) is 0 Å². The minimum atomic E-state index is 0.764. The highest BCUT2D eigenvalue weighted by molar-refractivity contribution is 5.87. The molecule has 0 aromatic carbocycles. The number of aliphatic imine (C=N–C) groups is 1. The highest BCUT2D eigenvalue weighted by Crippen LogP contribution is 2.37. The highest BCUT2D eigenvalue weighted by atomic mass is 15.0. The molecule has 0 saturated heterocycles. The number of nitrogens with one attached hydrogen (secondary N) is 2. The molecule has 3 heteroatoms. The lowest BCUT2D eigenvalue weighted by Gasteiger charge is -2.27. The monoisotopic (exact) mass is 243 g/mol. The first kappa shape index (κ1) is 11.6.